The molecule has 2 heterocycles. The number of rotatable bonds is 3. The SMILES string of the molecule is NC(=O)c1cn[nH]c1Nc1ccc2c(c1)CCS2(=O)=O. The van der Waals surface area contributed by atoms with E-state index in [0.717, 1.165) is 5.56 Å². The number of benzene rings is 1. The molecule has 0 saturated heterocycles. The Morgan fingerprint density at radius 1 is 1.40 bits per heavy atom. The predicted molar refractivity (Wildman–Crippen MR) is 72.6 cm³/mol. The minimum absolute atomic E-state index is 0.141. The molecule has 0 atom stereocenters. The molecule has 4 N–H and O–H groups in total. The fourth-order valence-corrected chi connectivity index (χ4v) is 3.77. The monoisotopic (exact) mass is 292 g/mol. The van der Waals surface area contributed by atoms with Crippen LogP contribution < -0.4 is 11.1 Å². The minimum Gasteiger partial charge on any atom is -0.365 e. The number of fused-ring (bicyclic) bond motifs is 1. The van der Waals surface area contributed by atoms with Gasteiger partial charge in [0.05, 0.1) is 16.8 Å². The van der Waals surface area contributed by atoms with Crippen LogP contribution in [0.1, 0.15) is 15.9 Å². The van der Waals surface area contributed by atoms with Gasteiger partial charge in [-0.05, 0) is 30.2 Å². The van der Waals surface area contributed by atoms with Crippen LogP contribution in [0.4, 0.5) is 11.5 Å². The topological polar surface area (TPSA) is 118 Å². The Hall–Kier alpha value is -2.35. The van der Waals surface area contributed by atoms with Crippen LogP contribution in [0.15, 0.2) is 29.3 Å². The first-order valence-corrected chi connectivity index (χ1v) is 7.58. The van der Waals surface area contributed by atoms with Gasteiger partial charge in [-0.3, -0.25) is 9.89 Å². The number of H-pyrrole nitrogens is 1. The summed E-state index contributed by atoms with van der Waals surface area (Å²) in [6.07, 6.45) is 1.83. The summed E-state index contributed by atoms with van der Waals surface area (Å²) < 4.78 is 23.5. The van der Waals surface area contributed by atoms with Crippen LogP contribution in [0, 0.1) is 0 Å². The summed E-state index contributed by atoms with van der Waals surface area (Å²) in [5.41, 5.74) is 6.92. The van der Waals surface area contributed by atoms with Crippen LogP contribution >= 0.6 is 0 Å². The molecule has 1 aliphatic heterocycles. The van der Waals surface area contributed by atoms with Crippen molar-refractivity contribution in [1.82, 2.24) is 10.2 Å². The quantitative estimate of drug-likeness (QED) is 0.765. The van der Waals surface area contributed by atoms with Gasteiger partial charge in [0.1, 0.15) is 11.4 Å². The van der Waals surface area contributed by atoms with E-state index in [2.05, 4.69) is 15.5 Å². The second kappa shape index (κ2) is 4.34. The smallest absolute Gasteiger partial charge is 0.254 e. The molecule has 20 heavy (non-hydrogen) atoms. The van der Waals surface area contributed by atoms with Gasteiger partial charge in [-0.15, -0.1) is 0 Å². The van der Waals surface area contributed by atoms with Crippen LogP contribution in [0.2, 0.25) is 0 Å². The first kappa shape index (κ1) is 12.7. The first-order valence-electron chi connectivity index (χ1n) is 5.93. The highest BCUT2D eigenvalue weighted by Crippen LogP contribution is 2.29. The number of carbonyl (C=O) groups excluding carboxylic acids is 1. The van der Waals surface area contributed by atoms with Gasteiger partial charge in [0, 0.05) is 5.69 Å². The van der Waals surface area contributed by atoms with E-state index in [1.54, 1.807) is 18.2 Å². The van der Waals surface area contributed by atoms with E-state index in [-0.39, 0.29) is 11.3 Å². The number of carbonyl (C=O) groups is 1. The van der Waals surface area contributed by atoms with Crippen molar-refractivity contribution in [3.8, 4) is 0 Å². The van der Waals surface area contributed by atoms with Gasteiger partial charge >= 0.3 is 0 Å². The van der Waals surface area contributed by atoms with E-state index < -0.39 is 15.7 Å². The van der Waals surface area contributed by atoms with Crippen molar-refractivity contribution in [2.24, 2.45) is 5.73 Å². The fourth-order valence-electron chi connectivity index (χ4n) is 2.22. The summed E-state index contributed by atoms with van der Waals surface area (Å²) >= 11 is 0. The maximum atomic E-state index is 11.7. The van der Waals surface area contributed by atoms with Crippen molar-refractivity contribution in [2.75, 3.05) is 11.1 Å². The zero-order chi connectivity index (χ0) is 14.3. The number of anilines is 2. The Labute approximate surface area is 115 Å². The summed E-state index contributed by atoms with van der Waals surface area (Å²) in [4.78, 5) is 11.6. The van der Waals surface area contributed by atoms with Gasteiger partial charge in [-0.25, -0.2) is 8.42 Å². The summed E-state index contributed by atoms with van der Waals surface area (Å²) in [5, 5.41) is 9.37. The third-order valence-electron chi connectivity index (χ3n) is 3.21. The molecule has 1 amide bonds. The first-order chi connectivity index (χ1) is 9.47. The van der Waals surface area contributed by atoms with Crippen molar-refractivity contribution < 1.29 is 13.2 Å². The minimum atomic E-state index is -3.13. The Kier molecular flexibility index (Phi) is 2.75. The number of amides is 1. The average Bonchev–Trinajstić information content (AvgIpc) is 2.95. The fraction of sp³-hybridized carbons (Fsp3) is 0.167. The Balaban J connectivity index is 1.94. The molecule has 1 aromatic carbocycles. The number of primary amides is 1. The van der Waals surface area contributed by atoms with E-state index in [0.29, 0.717) is 22.8 Å². The van der Waals surface area contributed by atoms with Gasteiger partial charge < -0.3 is 11.1 Å². The lowest BCUT2D eigenvalue weighted by atomic mass is 10.1. The highest BCUT2D eigenvalue weighted by molar-refractivity contribution is 7.91. The number of nitrogens with zero attached hydrogens (tertiary/aromatic N) is 1. The Bertz CT molecular complexity index is 795. The van der Waals surface area contributed by atoms with Gasteiger partial charge in [0.25, 0.3) is 5.91 Å². The molecular formula is C12H12N4O3S. The lowest BCUT2D eigenvalue weighted by Gasteiger charge is -2.07. The highest BCUT2D eigenvalue weighted by Gasteiger charge is 2.26. The molecule has 7 nitrogen and oxygen atoms in total. The van der Waals surface area contributed by atoms with Gasteiger partial charge in [-0.1, -0.05) is 0 Å². The van der Waals surface area contributed by atoms with Gasteiger partial charge in [-0.2, -0.15) is 5.10 Å². The van der Waals surface area contributed by atoms with E-state index in [1.807, 2.05) is 0 Å². The number of sulfone groups is 1. The molecular weight excluding hydrogens is 280 g/mol. The zero-order valence-corrected chi connectivity index (χ0v) is 11.2. The van der Waals surface area contributed by atoms with Crippen molar-refractivity contribution >= 4 is 27.2 Å². The van der Waals surface area contributed by atoms with E-state index in [4.69, 9.17) is 5.73 Å². The molecule has 1 aliphatic rings. The number of aromatic amines is 1. The molecule has 0 bridgehead atoms. The molecule has 8 heteroatoms. The lowest BCUT2D eigenvalue weighted by Crippen LogP contribution is -2.12. The zero-order valence-electron chi connectivity index (χ0n) is 10.4. The number of aromatic nitrogens is 2. The molecule has 0 unspecified atom stereocenters. The van der Waals surface area contributed by atoms with Crippen LogP contribution in [-0.2, 0) is 16.3 Å². The summed E-state index contributed by atoms with van der Waals surface area (Å²) in [5.74, 6) is -0.0640. The highest BCUT2D eigenvalue weighted by atomic mass is 32.2. The van der Waals surface area contributed by atoms with Crippen molar-refractivity contribution in [3.05, 3.63) is 35.5 Å². The third kappa shape index (κ3) is 2.03. The van der Waals surface area contributed by atoms with Crippen molar-refractivity contribution in [2.45, 2.75) is 11.3 Å². The standard InChI is InChI=1S/C12H12N4O3S/c13-11(17)9-6-14-16-12(9)15-8-1-2-10-7(5-8)3-4-20(10,18)19/h1-2,5-6H,3-4H2,(H2,13,17)(H2,14,15,16). The number of hydrogen-bond donors (Lipinski definition) is 3. The normalized spacial score (nSPS) is 15.8. The summed E-state index contributed by atoms with van der Waals surface area (Å²) in [6, 6.07) is 4.97. The largest absolute Gasteiger partial charge is 0.365 e. The molecule has 0 spiro atoms. The maximum absolute atomic E-state index is 11.7. The second-order valence-electron chi connectivity index (χ2n) is 4.54. The van der Waals surface area contributed by atoms with Crippen LogP contribution in [0.5, 0.6) is 0 Å². The van der Waals surface area contributed by atoms with E-state index >= 15 is 0 Å². The molecule has 0 fully saturated rings. The van der Waals surface area contributed by atoms with Crippen LogP contribution in [0.3, 0.4) is 0 Å². The third-order valence-corrected chi connectivity index (χ3v) is 5.02. The average molecular weight is 292 g/mol. The van der Waals surface area contributed by atoms with Crippen molar-refractivity contribution in [3.63, 3.8) is 0 Å². The molecule has 104 valence electrons. The molecule has 0 aliphatic carbocycles. The van der Waals surface area contributed by atoms with Crippen LogP contribution in [-0.4, -0.2) is 30.3 Å². The van der Waals surface area contributed by atoms with Gasteiger partial charge in [0.15, 0.2) is 9.84 Å². The molecule has 1 aromatic heterocycles. The Morgan fingerprint density at radius 3 is 2.95 bits per heavy atom. The summed E-state index contributed by atoms with van der Waals surface area (Å²) in [7, 11) is -3.13. The number of hydrogen-bond acceptors (Lipinski definition) is 5. The van der Waals surface area contributed by atoms with Crippen molar-refractivity contribution in [1.29, 1.82) is 0 Å². The lowest BCUT2D eigenvalue weighted by molar-refractivity contribution is 0.100. The second-order valence-corrected chi connectivity index (χ2v) is 6.62. The molecule has 0 radical (unpaired) electrons. The number of nitrogens with two attached hydrogens (primary N) is 1. The molecule has 2 aromatic rings. The summed E-state index contributed by atoms with van der Waals surface area (Å²) in [6.45, 7) is 0. The van der Waals surface area contributed by atoms with Gasteiger partial charge in [0.2, 0.25) is 0 Å². The predicted octanol–water partition coefficient (Wildman–Crippen LogP) is 0.582. The molecule has 3 rings (SSSR count). The molecule has 0 saturated carbocycles. The maximum Gasteiger partial charge on any atom is 0.254 e. The number of nitrogens with one attached hydrogen (secondary N) is 2. The van der Waals surface area contributed by atoms with E-state index in [9.17, 15) is 13.2 Å². The number of aryl methyl sites for hydroxylation is 1. The van der Waals surface area contributed by atoms with E-state index in [1.165, 1.54) is 6.20 Å². The van der Waals surface area contributed by atoms with Crippen LogP contribution in [0.25, 0.3) is 0 Å². The Morgan fingerprint density at radius 2 is 2.20 bits per heavy atom.